The van der Waals surface area contributed by atoms with Gasteiger partial charge in [0.1, 0.15) is 0 Å². The minimum Gasteiger partial charge on any atom is -0.361 e. The van der Waals surface area contributed by atoms with Crippen LogP contribution < -0.4 is 0 Å². The minimum absolute atomic E-state index is 1.17. The van der Waals surface area contributed by atoms with Crippen LogP contribution in [0.4, 0.5) is 0 Å². The summed E-state index contributed by atoms with van der Waals surface area (Å²) >= 11 is 0. The molecule has 1 aliphatic carbocycles. The first-order valence-electron chi connectivity index (χ1n) is 4.25. The molecule has 0 aromatic carbocycles. The Morgan fingerprint density at radius 1 is 1.23 bits per heavy atom. The average Bonchev–Trinajstić information content (AvgIpc) is 2.56. The SMILES string of the molecule is c1c[nH]c2cc3ccncc3c-2c1. The van der Waals surface area contributed by atoms with Crippen LogP contribution in [0.2, 0.25) is 0 Å². The maximum absolute atomic E-state index is 4.12. The lowest BCUT2D eigenvalue weighted by Crippen LogP contribution is -1.77. The van der Waals surface area contributed by atoms with E-state index in [4.69, 9.17) is 0 Å². The highest BCUT2D eigenvalue weighted by atomic mass is 14.7. The molecule has 0 radical (unpaired) electrons. The summed E-state index contributed by atoms with van der Waals surface area (Å²) in [6.07, 6.45) is 5.67. The molecule has 3 rings (SSSR count). The molecule has 0 unspecified atom stereocenters. The highest BCUT2D eigenvalue weighted by molar-refractivity contribution is 6.00. The molecule has 62 valence electrons. The van der Waals surface area contributed by atoms with Gasteiger partial charge in [0, 0.05) is 35.2 Å². The van der Waals surface area contributed by atoms with E-state index in [2.05, 4.69) is 22.1 Å². The molecule has 0 saturated heterocycles. The fraction of sp³-hybridized carbons (Fsp3) is 0. The highest BCUT2D eigenvalue weighted by Gasteiger charge is 2.07. The first kappa shape index (κ1) is 6.66. The van der Waals surface area contributed by atoms with E-state index >= 15 is 0 Å². The molecule has 0 atom stereocenters. The quantitative estimate of drug-likeness (QED) is 0.549. The largest absolute Gasteiger partial charge is 0.361 e. The Morgan fingerprint density at radius 3 is 3.23 bits per heavy atom. The van der Waals surface area contributed by atoms with E-state index in [0.717, 1.165) is 0 Å². The number of nitrogens with one attached hydrogen (secondary N) is 1. The van der Waals surface area contributed by atoms with Crippen molar-refractivity contribution in [2.45, 2.75) is 0 Å². The van der Waals surface area contributed by atoms with E-state index in [1.807, 2.05) is 30.7 Å². The van der Waals surface area contributed by atoms with Crippen molar-refractivity contribution in [3.05, 3.63) is 42.9 Å². The Balaban J connectivity index is 2.56. The van der Waals surface area contributed by atoms with Crippen molar-refractivity contribution in [1.29, 1.82) is 0 Å². The van der Waals surface area contributed by atoms with E-state index in [0.29, 0.717) is 0 Å². The zero-order valence-electron chi connectivity index (χ0n) is 6.99. The summed E-state index contributed by atoms with van der Waals surface area (Å²) in [5.74, 6) is 0. The first-order chi connectivity index (χ1) is 6.45. The second-order valence-corrected chi connectivity index (χ2v) is 3.10. The highest BCUT2D eigenvalue weighted by Crippen LogP contribution is 2.30. The van der Waals surface area contributed by atoms with E-state index in [9.17, 15) is 0 Å². The van der Waals surface area contributed by atoms with Gasteiger partial charge in [0.15, 0.2) is 0 Å². The van der Waals surface area contributed by atoms with Crippen molar-refractivity contribution in [2.24, 2.45) is 0 Å². The van der Waals surface area contributed by atoms with Crippen LogP contribution in [-0.4, -0.2) is 9.97 Å². The second-order valence-electron chi connectivity index (χ2n) is 3.10. The third kappa shape index (κ3) is 0.855. The molecular formula is C11H8N2. The Labute approximate surface area is 75.6 Å². The van der Waals surface area contributed by atoms with Crippen LogP contribution in [0.1, 0.15) is 0 Å². The summed E-state index contributed by atoms with van der Waals surface area (Å²) in [6, 6.07) is 8.29. The topological polar surface area (TPSA) is 28.7 Å². The van der Waals surface area contributed by atoms with Crippen LogP contribution in [0.3, 0.4) is 0 Å². The zero-order chi connectivity index (χ0) is 8.67. The van der Waals surface area contributed by atoms with Gasteiger partial charge in [-0.25, -0.2) is 0 Å². The van der Waals surface area contributed by atoms with E-state index in [1.165, 1.54) is 22.0 Å². The maximum atomic E-state index is 4.12. The maximum Gasteiger partial charge on any atom is 0.0466 e. The predicted octanol–water partition coefficient (Wildman–Crippen LogP) is 2.67. The smallest absolute Gasteiger partial charge is 0.0466 e. The van der Waals surface area contributed by atoms with Gasteiger partial charge in [0.05, 0.1) is 0 Å². The number of pyridine rings is 2. The van der Waals surface area contributed by atoms with Gasteiger partial charge in [-0.05, 0) is 23.6 Å². The van der Waals surface area contributed by atoms with Gasteiger partial charge >= 0.3 is 0 Å². The van der Waals surface area contributed by atoms with E-state index in [1.54, 1.807) is 0 Å². The number of aromatic amines is 1. The lowest BCUT2D eigenvalue weighted by atomic mass is 10.2. The van der Waals surface area contributed by atoms with Gasteiger partial charge < -0.3 is 4.98 Å². The molecule has 2 heteroatoms. The van der Waals surface area contributed by atoms with Crippen molar-refractivity contribution in [1.82, 2.24) is 9.97 Å². The van der Waals surface area contributed by atoms with Crippen molar-refractivity contribution >= 4 is 10.8 Å². The van der Waals surface area contributed by atoms with Crippen molar-refractivity contribution in [3.63, 3.8) is 0 Å². The van der Waals surface area contributed by atoms with Gasteiger partial charge in [0.2, 0.25) is 0 Å². The molecule has 0 fully saturated rings. The van der Waals surface area contributed by atoms with Crippen LogP contribution in [0, 0.1) is 0 Å². The van der Waals surface area contributed by atoms with Gasteiger partial charge in [-0.2, -0.15) is 0 Å². The van der Waals surface area contributed by atoms with Gasteiger partial charge in [-0.15, -0.1) is 0 Å². The number of hydrogen-bond donors (Lipinski definition) is 1. The third-order valence-electron chi connectivity index (χ3n) is 2.33. The fourth-order valence-corrected chi connectivity index (χ4v) is 1.72. The van der Waals surface area contributed by atoms with Crippen LogP contribution in [0.25, 0.3) is 22.0 Å². The predicted molar refractivity (Wildman–Crippen MR) is 52.7 cm³/mol. The molecule has 1 aromatic rings. The average molecular weight is 168 g/mol. The molecule has 2 nitrogen and oxygen atoms in total. The molecular weight excluding hydrogens is 160 g/mol. The molecule has 2 heterocycles. The Morgan fingerprint density at radius 2 is 2.23 bits per heavy atom. The van der Waals surface area contributed by atoms with E-state index in [-0.39, 0.29) is 0 Å². The second kappa shape index (κ2) is 2.33. The first-order valence-corrected chi connectivity index (χ1v) is 4.25. The monoisotopic (exact) mass is 168 g/mol. The Hall–Kier alpha value is -1.83. The zero-order valence-corrected chi connectivity index (χ0v) is 6.99. The summed E-state index contributed by atoms with van der Waals surface area (Å²) in [7, 11) is 0. The molecule has 0 bridgehead atoms. The molecule has 13 heavy (non-hydrogen) atoms. The van der Waals surface area contributed by atoms with E-state index < -0.39 is 0 Å². The Kier molecular flexibility index (Phi) is 1.19. The molecule has 0 saturated carbocycles. The molecule has 0 spiro atoms. The summed E-state index contributed by atoms with van der Waals surface area (Å²) < 4.78 is 0. The fourth-order valence-electron chi connectivity index (χ4n) is 1.72. The molecule has 0 amide bonds. The van der Waals surface area contributed by atoms with Crippen molar-refractivity contribution in [2.75, 3.05) is 0 Å². The summed E-state index contributed by atoms with van der Waals surface area (Å²) in [5, 5.41) is 2.46. The normalized spacial score (nSPS) is 11.1. The van der Waals surface area contributed by atoms with Gasteiger partial charge in [-0.3, -0.25) is 4.98 Å². The van der Waals surface area contributed by atoms with Crippen LogP contribution >= 0.6 is 0 Å². The van der Waals surface area contributed by atoms with Crippen LogP contribution in [0.5, 0.6) is 0 Å². The lowest BCUT2D eigenvalue weighted by Gasteiger charge is -1.96. The number of fused-ring (bicyclic) bond motifs is 3. The van der Waals surface area contributed by atoms with Crippen molar-refractivity contribution < 1.29 is 0 Å². The summed E-state index contributed by atoms with van der Waals surface area (Å²) in [4.78, 5) is 7.33. The van der Waals surface area contributed by atoms with Gasteiger partial charge in [-0.1, -0.05) is 6.07 Å². The number of H-pyrrole nitrogens is 1. The number of nitrogens with zero attached hydrogens (tertiary/aromatic N) is 1. The Bertz CT molecular complexity index is 525. The number of rotatable bonds is 0. The van der Waals surface area contributed by atoms with Gasteiger partial charge in [0.25, 0.3) is 0 Å². The molecule has 1 aromatic heterocycles. The molecule has 1 N–H and O–H groups in total. The van der Waals surface area contributed by atoms with Crippen LogP contribution in [-0.2, 0) is 0 Å². The molecule has 2 aliphatic rings. The number of aromatic nitrogens is 2. The lowest BCUT2D eigenvalue weighted by molar-refractivity contribution is 1.34. The minimum atomic E-state index is 1.17. The third-order valence-corrected chi connectivity index (χ3v) is 2.33. The standard InChI is InChI=1S/C11H8N2/c1-2-9-10-7-12-5-3-8(10)6-11(9)13-4-1/h1-7,13H. The number of hydrogen-bond acceptors (Lipinski definition) is 1. The molecule has 1 aliphatic heterocycles. The van der Waals surface area contributed by atoms with Crippen molar-refractivity contribution in [3.8, 4) is 11.3 Å². The van der Waals surface area contributed by atoms with Crippen LogP contribution in [0.15, 0.2) is 42.9 Å². The summed E-state index contributed by atoms with van der Waals surface area (Å²) in [5.41, 5.74) is 2.41. The summed E-state index contributed by atoms with van der Waals surface area (Å²) in [6.45, 7) is 0.